The third kappa shape index (κ3) is 4.97. The van der Waals surface area contributed by atoms with Crippen molar-refractivity contribution in [3.05, 3.63) is 59.8 Å². The lowest BCUT2D eigenvalue weighted by Crippen LogP contribution is -2.50. The number of benzene rings is 1. The van der Waals surface area contributed by atoms with Crippen molar-refractivity contribution in [1.82, 2.24) is 15.1 Å². The zero-order valence-corrected chi connectivity index (χ0v) is 15.4. The number of piperazine rings is 1. The zero-order valence-electron chi connectivity index (χ0n) is 15.4. The van der Waals surface area contributed by atoms with Crippen LogP contribution < -0.4 is 5.32 Å². The van der Waals surface area contributed by atoms with E-state index in [1.807, 2.05) is 0 Å². The molecule has 1 aromatic carbocycles. The maximum absolute atomic E-state index is 13.0. The van der Waals surface area contributed by atoms with Crippen LogP contribution in [0.15, 0.2) is 47.1 Å². The van der Waals surface area contributed by atoms with Crippen LogP contribution in [0.25, 0.3) is 0 Å². The summed E-state index contributed by atoms with van der Waals surface area (Å²) < 4.78 is 18.0. The third-order valence-electron chi connectivity index (χ3n) is 4.61. The molecule has 0 aliphatic carbocycles. The number of nitrogens with zero attached hydrogens (tertiary/aromatic N) is 2. The number of rotatable bonds is 6. The van der Waals surface area contributed by atoms with Crippen molar-refractivity contribution in [2.75, 3.05) is 32.7 Å². The summed E-state index contributed by atoms with van der Waals surface area (Å²) in [5.41, 5.74) is 0.438. The van der Waals surface area contributed by atoms with Gasteiger partial charge in [0, 0.05) is 44.7 Å². The summed E-state index contributed by atoms with van der Waals surface area (Å²) >= 11 is 0. The highest BCUT2D eigenvalue weighted by Gasteiger charge is 2.24. The van der Waals surface area contributed by atoms with E-state index in [-0.39, 0.29) is 29.3 Å². The summed E-state index contributed by atoms with van der Waals surface area (Å²) in [6, 6.07) is 8.67. The fourth-order valence-corrected chi connectivity index (χ4v) is 3.03. The number of amides is 3. The van der Waals surface area contributed by atoms with Gasteiger partial charge in [0.2, 0.25) is 5.91 Å². The predicted molar refractivity (Wildman–Crippen MR) is 99.2 cm³/mol. The van der Waals surface area contributed by atoms with E-state index in [2.05, 4.69) is 5.32 Å². The van der Waals surface area contributed by atoms with Crippen molar-refractivity contribution in [3.63, 3.8) is 0 Å². The van der Waals surface area contributed by atoms with Gasteiger partial charge in [-0.2, -0.15) is 0 Å². The molecule has 1 N–H and O–H groups in total. The van der Waals surface area contributed by atoms with Crippen LogP contribution in [-0.4, -0.2) is 60.2 Å². The van der Waals surface area contributed by atoms with Crippen LogP contribution >= 0.6 is 0 Å². The Bertz CT molecular complexity index is 812. The third-order valence-corrected chi connectivity index (χ3v) is 4.61. The molecule has 0 unspecified atom stereocenters. The van der Waals surface area contributed by atoms with Crippen molar-refractivity contribution in [2.24, 2.45) is 0 Å². The highest BCUT2D eigenvalue weighted by atomic mass is 19.1. The summed E-state index contributed by atoms with van der Waals surface area (Å²) in [6.07, 6.45) is 2.28. The first-order chi connectivity index (χ1) is 13.5. The number of hydrogen-bond acceptors (Lipinski definition) is 4. The van der Waals surface area contributed by atoms with Crippen LogP contribution in [0.2, 0.25) is 0 Å². The van der Waals surface area contributed by atoms with Gasteiger partial charge in [-0.1, -0.05) is 0 Å². The van der Waals surface area contributed by atoms with Crippen LogP contribution in [0.1, 0.15) is 33.8 Å². The Labute approximate surface area is 162 Å². The highest BCUT2D eigenvalue weighted by Crippen LogP contribution is 2.11. The van der Waals surface area contributed by atoms with Crippen molar-refractivity contribution in [3.8, 4) is 0 Å². The normalized spacial score (nSPS) is 14.0. The van der Waals surface area contributed by atoms with E-state index < -0.39 is 0 Å². The van der Waals surface area contributed by atoms with Crippen molar-refractivity contribution in [1.29, 1.82) is 0 Å². The molecule has 2 aromatic rings. The van der Waals surface area contributed by atoms with E-state index in [1.165, 1.54) is 30.5 Å². The minimum Gasteiger partial charge on any atom is -0.459 e. The Balaban J connectivity index is 1.37. The van der Waals surface area contributed by atoms with E-state index in [4.69, 9.17) is 4.42 Å². The summed E-state index contributed by atoms with van der Waals surface area (Å²) in [6.45, 7) is 2.19. The second-order valence-electron chi connectivity index (χ2n) is 6.52. The summed E-state index contributed by atoms with van der Waals surface area (Å²) in [4.78, 5) is 39.8. The van der Waals surface area contributed by atoms with Crippen molar-refractivity contribution in [2.45, 2.75) is 12.8 Å². The lowest BCUT2D eigenvalue weighted by Gasteiger charge is -2.35. The highest BCUT2D eigenvalue weighted by molar-refractivity contribution is 5.94. The molecule has 8 heteroatoms. The Kier molecular flexibility index (Phi) is 6.41. The van der Waals surface area contributed by atoms with Gasteiger partial charge in [-0.3, -0.25) is 14.4 Å². The Morgan fingerprint density at radius 1 is 1.00 bits per heavy atom. The van der Waals surface area contributed by atoms with Gasteiger partial charge in [0.05, 0.1) is 6.26 Å². The SMILES string of the molecule is O=C(NCCCC(=O)N1CCN(C(=O)c2ccc(F)cc2)CC1)c1ccco1. The predicted octanol–water partition coefficient (Wildman–Crippen LogP) is 1.91. The molecule has 3 amide bonds. The number of halogens is 1. The lowest BCUT2D eigenvalue weighted by atomic mass is 10.1. The molecule has 7 nitrogen and oxygen atoms in total. The van der Waals surface area contributed by atoms with Crippen LogP contribution in [0.3, 0.4) is 0 Å². The number of carbonyl (C=O) groups excluding carboxylic acids is 3. The monoisotopic (exact) mass is 387 g/mol. The molecule has 2 heterocycles. The van der Waals surface area contributed by atoms with E-state index in [0.29, 0.717) is 51.1 Å². The summed E-state index contributed by atoms with van der Waals surface area (Å²) in [5, 5.41) is 2.70. The number of nitrogens with one attached hydrogen (secondary N) is 1. The average molecular weight is 387 g/mol. The number of furan rings is 1. The smallest absolute Gasteiger partial charge is 0.286 e. The first-order valence-electron chi connectivity index (χ1n) is 9.19. The maximum Gasteiger partial charge on any atom is 0.286 e. The second-order valence-corrected chi connectivity index (χ2v) is 6.52. The van der Waals surface area contributed by atoms with Gasteiger partial charge in [0.1, 0.15) is 5.82 Å². The van der Waals surface area contributed by atoms with Crippen molar-refractivity contribution < 1.29 is 23.2 Å². The van der Waals surface area contributed by atoms with Gasteiger partial charge in [-0.05, 0) is 42.8 Å². The minimum absolute atomic E-state index is 0.00105. The molecular formula is C20H22FN3O4. The summed E-state index contributed by atoms with van der Waals surface area (Å²) in [5.74, 6) is -0.597. The Morgan fingerprint density at radius 2 is 1.68 bits per heavy atom. The van der Waals surface area contributed by atoms with Gasteiger partial charge >= 0.3 is 0 Å². The summed E-state index contributed by atoms with van der Waals surface area (Å²) in [7, 11) is 0. The first kappa shape index (κ1) is 19.6. The molecule has 1 aliphatic rings. The Morgan fingerprint density at radius 3 is 2.32 bits per heavy atom. The topological polar surface area (TPSA) is 82.9 Å². The average Bonchev–Trinajstić information content (AvgIpc) is 3.26. The molecule has 1 aromatic heterocycles. The molecule has 28 heavy (non-hydrogen) atoms. The molecule has 0 atom stereocenters. The van der Waals surface area contributed by atoms with Crippen LogP contribution in [-0.2, 0) is 4.79 Å². The van der Waals surface area contributed by atoms with Crippen molar-refractivity contribution >= 4 is 17.7 Å². The fraction of sp³-hybridized carbons (Fsp3) is 0.350. The van der Waals surface area contributed by atoms with Gasteiger partial charge in [-0.15, -0.1) is 0 Å². The van der Waals surface area contributed by atoms with E-state index in [9.17, 15) is 18.8 Å². The zero-order chi connectivity index (χ0) is 19.9. The molecule has 148 valence electrons. The van der Waals surface area contributed by atoms with Gasteiger partial charge in [0.25, 0.3) is 11.8 Å². The maximum atomic E-state index is 13.0. The molecule has 0 spiro atoms. The molecule has 3 rings (SSSR count). The molecule has 0 saturated carbocycles. The largest absolute Gasteiger partial charge is 0.459 e. The lowest BCUT2D eigenvalue weighted by molar-refractivity contribution is -0.132. The van der Waals surface area contributed by atoms with Gasteiger partial charge < -0.3 is 19.5 Å². The quantitative estimate of drug-likeness (QED) is 0.768. The van der Waals surface area contributed by atoms with Gasteiger partial charge in [-0.25, -0.2) is 4.39 Å². The fourth-order valence-electron chi connectivity index (χ4n) is 3.03. The molecular weight excluding hydrogens is 365 g/mol. The van der Waals surface area contributed by atoms with Gasteiger partial charge in [0.15, 0.2) is 5.76 Å². The van der Waals surface area contributed by atoms with Crippen LogP contribution in [0.4, 0.5) is 4.39 Å². The molecule has 0 radical (unpaired) electrons. The molecule has 0 bridgehead atoms. The standard InChI is InChI=1S/C20H22FN3O4/c21-16-7-5-15(6-8-16)20(27)24-12-10-23(11-13-24)18(25)4-1-9-22-19(26)17-3-2-14-28-17/h2-3,5-8,14H,1,4,9-13H2,(H,22,26). The van der Waals surface area contributed by atoms with E-state index in [0.717, 1.165) is 0 Å². The molecule has 1 saturated heterocycles. The number of carbonyl (C=O) groups is 3. The molecule has 1 fully saturated rings. The van der Waals surface area contributed by atoms with E-state index in [1.54, 1.807) is 21.9 Å². The number of hydrogen-bond donors (Lipinski definition) is 1. The van der Waals surface area contributed by atoms with Crippen LogP contribution in [0.5, 0.6) is 0 Å². The van der Waals surface area contributed by atoms with Crippen LogP contribution in [0, 0.1) is 5.82 Å². The Hall–Kier alpha value is -3.16. The van der Waals surface area contributed by atoms with E-state index >= 15 is 0 Å². The molecule has 1 aliphatic heterocycles. The minimum atomic E-state index is -0.382. The first-order valence-corrected chi connectivity index (χ1v) is 9.19. The second kappa shape index (κ2) is 9.16.